The molecule has 1 fully saturated rings. The van der Waals surface area contributed by atoms with Gasteiger partial charge in [-0.2, -0.15) is 0 Å². The van der Waals surface area contributed by atoms with E-state index in [1.807, 2.05) is 37.3 Å². The number of benzene rings is 2. The quantitative estimate of drug-likeness (QED) is 0.327. The Bertz CT molecular complexity index is 1180. The van der Waals surface area contributed by atoms with Crippen LogP contribution in [-0.4, -0.2) is 65.5 Å². The summed E-state index contributed by atoms with van der Waals surface area (Å²) in [7, 11) is 1.74. The molecule has 2 aromatic carbocycles. The van der Waals surface area contributed by atoms with Gasteiger partial charge in [0, 0.05) is 50.0 Å². The van der Waals surface area contributed by atoms with E-state index in [9.17, 15) is 24.0 Å². The van der Waals surface area contributed by atoms with E-state index >= 15 is 0 Å². The van der Waals surface area contributed by atoms with Crippen molar-refractivity contribution in [1.82, 2.24) is 15.3 Å². The summed E-state index contributed by atoms with van der Waals surface area (Å²) >= 11 is 0. The van der Waals surface area contributed by atoms with Crippen molar-refractivity contribution in [3.63, 3.8) is 0 Å². The van der Waals surface area contributed by atoms with Gasteiger partial charge in [-0.25, -0.2) is 5.01 Å². The molecule has 39 heavy (non-hydrogen) atoms. The highest BCUT2D eigenvalue weighted by Gasteiger charge is 2.39. The minimum absolute atomic E-state index is 0.0624. The molecule has 0 bridgehead atoms. The summed E-state index contributed by atoms with van der Waals surface area (Å²) in [6, 6.07) is 15.1. The Morgan fingerprint density at radius 2 is 1.67 bits per heavy atom. The Kier molecular flexibility index (Phi) is 10.9. The molecule has 0 spiro atoms. The Labute approximate surface area is 229 Å². The van der Waals surface area contributed by atoms with Gasteiger partial charge in [0.2, 0.25) is 11.8 Å². The summed E-state index contributed by atoms with van der Waals surface area (Å²) in [5.41, 5.74) is 1.36. The van der Waals surface area contributed by atoms with Crippen molar-refractivity contribution >= 4 is 29.4 Å². The molecule has 1 aliphatic heterocycles. The number of esters is 1. The topological polar surface area (TPSA) is 113 Å². The number of hydrazine groups is 1. The largest absolute Gasteiger partial charge is 0.461 e. The van der Waals surface area contributed by atoms with Gasteiger partial charge in [-0.15, -0.1) is 0 Å². The highest BCUT2D eigenvalue weighted by molar-refractivity contribution is 6.09. The van der Waals surface area contributed by atoms with E-state index < -0.39 is 23.8 Å². The molecule has 1 N–H and O–H groups in total. The summed E-state index contributed by atoms with van der Waals surface area (Å²) in [6.45, 7) is 4.31. The van der Waals surface area contributed by atoms with Gasteiger partial charge in [-0.05, 0) is 38.7 Å². The van der Waals surface area contributed by atoms with E-state index in [1.54, 1.807) is 36.3 Å². The molecule has 9 heteroatoms. The molecule has 1 heterocycles. The fraction of sp³-hybridized carbons (Fsp3) is 0.433. The molecule has 0 aromatic heterocycles. The van der Waals surface area contributed by atoms with Gasteiger partial charge in [-0.3, -0.25) is 29.0 Å². The van der Waals surface area contributed by atoms with Crippen molar-refractivity contribution in [1.29, 1.82) is 0 Å². The zero-order chi connectivity index (χ0) is 28.4. The maximum atomic E-state index is 13.9. The molecule has 208 valence electrons. The van der Waals surface area contributed by atoms with Crippen LogP contribution in [0.1, 0.15) is 72.2 Å². The third-order valence-electron chi connectivity index (χ3n) is 6.83. The first-order chi connectivity index (χ1) is 18.7. The molecule has 2 atom stereocenters. The number of carbonyl (C=O) groups is 5. The number of nitrogens with zero attached hydrogens (tertiary/aromatic N) is 2. The first kappa shape index (κ1) is 29.7. The molecule has 0 saturated carbocycles. The van der Waals surface area contributed by atoms with Gasteiger partial charge in [0.25, 0.3) is 0 Å². The molecule has 0 unspecified atom stereocenters. The number of nitrogens with one attached hydrogen (secondary N) is 1. The number of hydrogen-bond donors (Lipinski definition) is 1. The van der Waals surface area contributed by atoms with E-state index in [4.69, 9.17) is 4.74 Å². The van der Waals surface area contributed by atoms with Gasteiger partial charge < -0.3 is 10.1 Å². The van der Waals surface area contributed by atoms with Crippen LogP contribution in [0.25, 0.3) is 0 Å². The van der Waals surface area contributed by atoms with E-state index in [1.165, 1.54) is 11.9 Å². The zero-order valence-electron chi connectivity index (χ0n) is 22.9. The predicted molar refractivity (Wildman–Crippen MR) is 146 cm³/mol. The van der Waals surface area contributed by atoms with Crippen LogP contribution in [0.3, 0.4) is 0 Å². The van der Waals surface area contributed by atoms with E-state index in [0.717, 1.165) is 12.0 Å². The van der Waals surface area contributed by atoms with Crippen LogP contribution in [0, 0.1) is 5.92 Å². The first-order valence-electron chi connectivity index (χ1n) is 13.4. The lowest BCUT2D eigenvalue weighted by atomic mass is 9.90. The second-order valence-corrected chi connectivity index (χ2v) is 9.73. The maximum Gasteiger partial charge on any atom is 0.306 e. The fourth-order valence-corrected chi connectivity index (χ4v) is 4.81. The summed E-state index contributed by atoms with van der Waals surface area (Å²) in [6.07, 6.45) is 1.01. The second kappa shape index (κ2) is 14.3. The van der Waals surface area contributed by atoms with E-state index in [2.05, 4.69) is 5.32 Å². The Hall–Kier alpha value is -3.85. The Balaban J connectivity index is 1.81. The molecule has 3 rings (SSSR count). The summed E-state index contributed by atoms with van der Waals surface area (Å²) in [4.78, 5) is 64.9. The molecule has 2 amide bonds. The molecule has 2 aromatic rings. The van der Waals surface area contributed by atoms with Gasteiger partial charge in [0.15, 0.2) is 11.6 Å². The molecule has 1 aliphatic rings. The van der Waals surface area contributed by atoms with Crippen LogP contribution in [0.5, 0.6) is 0 Å². The predicted octanol–water partition coefficient (Wildman–Crippen LogP) is 3.58. The Morgan fingerprint density at radius 1 is 1.00 bits per heavy atom. The summed E-state index contributed by atoms with van der Waals surface area (Å²) in [5.74, 6) is -2.66. The highest BCUT2D eigenvalue weighted by Crippen LogP contribution is 2.26. The normalized spacial score (nSPS) is 16.3. The molecular formula is C30H37N3O6. The zero-order valence-corrected chi connectivity index (χ0v) is 22.9. The SMILES string of the molecule is CCNC(=O)[C@@H]1CCCN(C)N1C(=O)[C@H](CCC(=O)OCc1ccccc1)CC(=O)c1ccccc1C(C)=O. The van der Waals surface area contributed by atoms with E-state index in [-0.39, 0.29) is 54.5 Å². The van der Waals surface area contributed by atoms with Gasteiger partial charge in [0.1, 0.15) is 12.6 Å². The average molecular weight is 536 g/mol. The standard InChI is InChI=1S/C30H37N3O6/c1-4-31-29(37)26-15-10-18-32(3)33(26)30(38)23(16-17-28(36)39-20-22-11-6-5-7-12-22)19-27(35)25-14-9-8-13-24(25)21(2)34/h5-9,11-14,23,26H,4,10,15-20H2,1-3H3,(H,31,37)/t23-,26+/m1/s1. The first-order valence-corrected chi connectivity index (χ1v) is 13.4. The second-order valence-electron chi connectivity index (χ2n) is 9.73. The number of ether oxygens (including phenoxy) is 1. The van der Waals surface area contributed by atoms with Crippen LogP contribution in [0.2, 0.25) is 0 Å². The van der Waals surface area contributed by atoms with E-state index in [0.29, 0.717) is 19.5 Å². The van der Waals surface area contributed by atoms with Crippen molar-refractivity contribution in [2.75, 3.05) is 20.1 Å². The molecular weight excluding hydrogens is 498 g/mol. The van der Waals surface area contributed by atoms with Crippen molar-refractivity contribution in [2.24, 2.45) is 5.92 Å². The minimum Gasteiger partial charge on any atom is -0.461 e. The summed E-state index contributed by atoms with van der Waals surface area (Å²) in [5, 5.41) is 5.93. The number of ketones is 2. The van der Waals surface area contributed by atoms with Crippen LogP contribution < -0.4 is 5.32 Å². The number of carbonyl (C=O) groups excluding carboxylic acids is 5. The highest BCUT2D eigenvalue weighted by atomic mass is 16.5. The third kappa shape index (κ3) is 8.07. The molecule has 0 aliphatic carbocycles. The lowest BCUT2D eigenvalue weighted by Crippen LogP contribution is -2.60. The van der Waals surface area contributed by atoms with Crippen LogP contribution >= 0.6 is 0 Å². The van der Waals surface area contributed by atoms with Crippen molar-refractivity contribution in [2.45, 2.75) is 58.6 Å². The van der Waals surface area contributed by atoms with Crippen molar-refractivity contribution in [3.05, 3.63) is 71.3 Å². The Morgan fingerprint density at radius 3 is 2.33 bits per heavy atom. The van der Waals surface area contributed by atoms with Crippen molar-refractivity contribution < 1.29 is 28.7 Å². The van der Waals surface area contributed by atoms with Gasteiger partial charge in [0.05, 0.1) is 0 Å². The fourth-order valence-electron chi connectivity index (χ4n) is 4.81. The average Bonchev–Trinajstić information content (AvgIpc) is 2.94. The van der Waals surface area contributed by atoms with Gasteiger partial charge in [-0.1, -0.05) is 54.6 Å². The molecule has 9 nitrogen and oxygen atoms in total. The third-order valence-corrected chi connectivity index (χ3v) is 6.83. The van der Waals surface area contributed by atoms with Crippen LogP contribution in [0.4, 0.5) is 0 Å². The van der Waals surface area contributed by atoms with Crippen LogP contribution in [0.15, 0.2) is 54.6 Å². The van der Waals surface area contributed by atoms with Crippen LogP contribution in [-0.2, 0) is 25.7 Å². The molecule has 0 radical (unpaired) electrons. The number of hydrogen-bond acceptors (Lipinski definition) is 7. The smallest absolute Gasteiger partial charge is 0.306 e. The number of Topliss-reactive ketones (excluding diaryl/α,β-unsaturated/α-hetero) is 2. The van der Waals surface area contributed by atoms with Gasteiger partial charge >= 0.3 is 5.97 Å². The number of rotatable bonds is 12. The summed E-state index contributed by atoms with van der Waals surface area (Å²) < 4.78 is 5.39. The van der Waals surface area contributed by atoms with Crippen molar-refractivity contribution in [3.8, 4) is 0 Å². The number of likely N-dealkylation sites (N-methyl/N-ethyl adjacent to an activating group) is 1. The lowest BCUT2D eigenvalue weighted by molar-refractivity contribution is -0.168. The molecule has 1 saturated heterocycles. The maximum absolute atomic E-state index is 13.9. The minimum atomic E-state index is -0.890. The monoisotopic (exact) mass is 535 g/mol. The number of amides is 2. The lowest BCUT2D eigenvalue weighted by Gasteiger charge is -2.43.